The molecular weight excluding hydrogens is 338 g/mol. The molecule has 1 aromatic carbocycles. The normalized spacial score (nSPS) is 24.4. The van der Waals surface area contributed by atoms with Crippen LogP contribution in [0.1, 0.15) is 32.5 Å². The first-order valence-corrected chi connectivity index (χ1v) is 10.3. The molecule has 1 amide bonds. The maximum atomic E-state index is 13.0. The Morgan fingerprint density at radius 1 is 1.26 bits per heavy atom. The van der Waals surface area contributed by atoms with Crippen LogP contribution in [-0.2, 0) is 17.9 Å². The number of nitrogens with zero attached hydrogens (tertiary/aromatic N) is 4. The van der Waals surface area contributed by atoms with Gasteiger partial charge >= 0.3 is 0 Å². The van der Waals surface area contributed by atoms with Gasteiger partial charge in [-0.05, 0) is 45.4 Å². The molecule has 6 heteroatoms. The highest BCUT2D eigenvalue weighted by atomic mass is 16.2. The van der Waals surface area contributed by atoms with Gasteiger partial charge in [0, 0.05) is 38.8 Å². The summed E-state index contributed by atoms with van der Waals surface area (Å²) in [6, 6.07) is 8.74. The van der Waals surface area contributed by atoms with Gasteiger partial charge in [-0.2, -0.15) is 0 Å². The molecule has 2 fully saturated rings. The fourth-order valence-corrected chi connectivity index (χ4v) is 4.59. The Morgan fingerprint density at radius 3 is 2.93 bits per heavy atom. The van der Waals surface area contributed by atoms with Crippen LogP contribution in [0, 0.1) is 5.92 Å². The van der Waals surface area contributed by atoms with Gasteiger partial charge in [0.05, 0.1) is 23.5 Å². The lowest BCUT2D eigenvalue weighted by atomic mass is 9.96. The van der Waals surface area contributed by atoms with E-state index in [0.717, 1.165) is 70.0 Å². The lowest BCUT2D eigenvalue weighted by Crippen LogP contribution is -2.54. The zero-order chi connectivity index (χ0) is 18.8. The number of benzene rings is 1. The number of fused-ring (bicyclic) bond motifs is 1. The molecule has 0 saturated carbocycles. The molecule has 6 nitrogen and oxygen atoms in total. The quantitative estimate of drug-likeness (QED) is 0.897. The molecule has 2 aliphatic heterocycles. The lowest BCUT2D eigenvalue weighted by Gasteiger charge is -2.38. The number of aromatic nitrogens is 2. The predicted octanol–water partition coefficient (Wildman–Crippen LogP) is 2.09. The summed E-state index contributed by atoms with van der Waals surface area (Å²) in [4.78, 5) is 22.4. The van der Waals surface area contributed by atoms with E-state index in [0.29, 0.717) is 11.9 Å². The Hall–Kier alpha value is -1.92. The van der Waals surface area contributed by atoms with Crippen molar-refractivity contribution in [3.05, 3.63) is 30.1 Å². The van der Waals surface area contributed by atoms with Crippen molar-refractivity contribution in [2.75, 3.05) is 32.7 Å². The summed E-state index contributed by atoms with van der Waals surface area (Å²) in [5.41, 5.74) is 2.27. The van der Waals surface area contributed by atoms with E-state index < -0.39 is 0 Å². The molecule has 0 radical (unpaired) electrons. The Balaban J connectivity index is 1.45. The second-order valence-electron chi connectivity index (χ2n) is 7.97. The van der Waals surface area contributed by atoms with Gasteiger partial charge < -0.3 is 14.8 Å². The smallest absolute Gasteiger partial charge is 0.227 e. The SMILES string of the molecule is CCn1c(CN2CCC[C@H](C(=O)N3CCN[C@@H](C)C3)C2)nc2ccccc21. The van der Waals surface area contributed by atoms with Crippen LogP contribution in [-0.4, -0.2) is 64.0 Å². The Kier molecular flexibility index (Phi) is 5.45. The summed E-state index contributed by atoms with van der Waals surface area (Å²) >= 11 is 0. The Bertz CT molecular complexity index is 801. The molecule has 1 N–H and O–H groups in total. The second-order valence-corrected chi connectivity index (χ2v) is 7.97. The highest BCUT2D eigenvalue weighted by Gasteiger charge is 2.31. The van der Waals surface area contributed by atoms with Crippen LogP contribution in [0.5, 0.6) is 0 Å². The fraction of sp³-hybridized carbons (Fsp3) is 0.619. The largest absolute Gasteiger partial charge is 0.340 e. The van der Waals surface area contributed by atoms with Gasteiger partial charge in [0.2, 0.25) is 5.91 Å². The van der Waals surface area contributed by atoms with E-state index >= 15 is 0 Å². The topological polar surface area (TPSA) is 53.4 Å². The van der Waals surface area contributed by atoms with Crippen LogP contribution in [0.4, 0.5) is 0 Å². The minimum atomic E-state index is 0.128. The van der Waals surface area contributed by atoms with Crippen molar-refractivity contribution < 1.29 is 4.79 Å². The molecule has 2 aromatic rings. The number of amides is 1. The number of piperazine rings is 1. The van der Waals surface area contributed by atoms with Crippen molar-refractivity contribution in [3.8, 4) is 0 Å². The summed E-state index contributed by atoms with van der Waals surface area (Å²) in [6.07, 6.45) is 2.10. The van der Waals surface area contributed by atoms with Gasteiger partial charge in [-0.15, -0.1) is 0 Å². The van der Waals surface area contributed by atoms with Crippen molar-refractivity contribution in [1.29, 1.82) is 0 Å². The molecule has 3 heterocycles. The average Bonchev–Trinajstić information content (AvgIpc) is 3.04. The molecule has 0 aliphatic carbocycles. The van der Waals surface area contributed by atoms with Gasteiger partial charge in [0.15, 0.2) is 0 Å². The number of piperidine rings is 1. The molecule has 27 heavy (non-hydrogen) atoms. The van der Waals surface area contributed by atoms with Crippen LogP contribution >= 0.6 is 0 Å². The number of carbonyl (C=O) groups is 1. The molecule has 2 aliphatic rings. The van der Waals surface area contributed by atoms with Gasteiger partial charge in [-0.1, -0.05) is 12.1 Å². The Labute approximate surface area is 161 Å². The molecule has 1 aromatic heterocycles. The maximum absolute atomic E-state index is 13.0. The standard InChI is InChI=1S/C21H31N5O/c1-3-26-19-9-5-4-8-18(19)23-20(26)15-24-11-6-7-17(14-24)21(27)25-12-10-22-16(2)13-25/h4-5,8-9,16-17,22H,3,6-7,10-15H2,1-2H3/t16-,17-/m0/s1. The lowest BCUT2D eigenvalue weighted by molar-refractivity contribution is -0.138. The minimum Gasteiger partial charge on any atom is -0.340 e. The first-order chi connectivity index (χ1) is 13.2. The number of aryl methyl sites for hydroxylation is 1. The van der Waals surface area contributed by atoms with Crippen molar-refractivity contribution in [2.45, 2.75) is 45.8 Å². The molecule has 2 saturated heterocycles. The van der Waals surface area contributed by atoms with E-state index in [-0.39, 0.29) is 5.92 Å². The molecule has 0 spiro atoms. The highest BCUT2D eigenvalue weighted by molar-refractivity contribution is 5.79. The average molecular weight is 370 g/mol. The number of imidazole rings is 1. The zero-order valence-corrected chi connectivity index (χ0v) is 16.5. The van der Waals surface area contributed by atoms with E-state index in [9.17, 15) is 4.79 Å². The predicted molar refractivity (Wildman–Crippen MR) is 107 cm³/mol. The number of para-hydroxylation sites is 2. The molecule has 2 atom stereocenters. The summed E-state index contributed by atoms with van der Waals surface area (Å²) in [5.74, 6) is 1.59. The van der Waals surface area contributed by atoms with Crippen LogP contribution in [0.25, 0.3) is 11.0 Å². The summed E-state index contributed by atoms with van der Waals surface area (Å²) in [7, 11) is 0. The first-order valence-electron chi connectivity index (χ1n) is 10.3. The monoisotopic (exact) mass is 369 g/mol. The van der Waals surface area contributed by atoms with Gasteiger partial charge in [-0.3, -0.25) is 9.69 Å². The van der Waals surface area contributed by atoms with Crippen molar-refractivity contribution in [1.82, 2.24) is 24.7 Å². The third-order valence-electron chi connectivity index (χ3n) is 5.95. The maximum Gasteiger partial charge on any atom is 0.227 e. The van der Waals surface area contributed by atoms with E-state index in [2.05, 4.69) is 51.7 Å². The number of likely N-dealkylation sites (tertiary alicyclic amines) is 1. The molecule has 146 valence electrons. The number of hydrogen-bond donors (Lipinski definition) is 1. The molecule has 4 rings (SSSR count). The second kappa shape index (κ2) is 7.98. The van der Waals surface area contributed by atoms with Gasteiger partial charge in [0.1, 0.15) is 5.82 Å². The van der Waals surface area contributed by atoms with E-state index in [1.165, 1.54) is 5.52 Å². The molecule has 0 bridgehead atoms. The van der Waals surface area contributed by atoms with Crippen LogP contribution in [0.15, 0.2) is 24.3 Å². The number of nitrogens with one attached hydrogen (secondary N) is 1. The van der Waals surface area contributed by atoms with Crippen molar-refractivity contribution >= 4 is 16.9 Å². The summed E-state index contributed by atoms with van der Waals surface area (Å²) in [6.45, 7) is 10.6. The first kappa shape index (κ1) is 18.4. The Morgan fingerprint density at radius 2 is 2.11 bits per heavy atom. The molecule has 0 unspecified atom stereocenters. The van der Waals surface area contributed by atoms with Crippen molar-refractivity contribution in [2.24, 2.45) is 5.92 Å². The van der Waals surface area contributed by atoms with Crippen LogP contribution < -0.4 is 5.32 Å². The minimum absolute atomic E-state index is 0.128. The van der Waals surface area contributed by atoms with E-state index in [1.54, 1.807) is 0 Å². The highest BCUT2D eigenvalue weighted by Crippen LogP contribution is 2.23. The van der Waals surface area contributed by atoms with Crippen LogP contribution in [0.3, 0.4) is 0 Å². The third-order valence-corrected chi connectivity index (χ3v) is 5.95. The fourth-order valence-electron chi connectivity index (χ4n) is 4.59. The van der Waals surface area contributed by atoms with Crippen molar-refractivity contribution in [3.63, 3.8) is 0 Å². The number of hydrogen-bond acceptors (Lipinski definition) is 4. The zero-order valence-electron chi connectivity index (χ0n) is 16.5. The number of carbonyl (C=O) groups excluding carboxylic acids is 1. The van der Waals surface area contributed by atoms with Gasteiger partial charge in [-0.25, -0.2) is 4.98 Å². The number of rotatable bonds is 4. The van der Waals surface area contributed by atoms with E-state index in [4.69, 9.17) is 4.98 Å². The van der Waals surface area contributed by atoms with Crippen LogP contribution in [0.2, 0.25) is 0 Å². The summed E-state index contributed by atoms with van der Waals surface area (Å²) in [5, 5.41) is 3.42. The van der Waals surface area contributed by atoms with Gasteiger partial charge in [0.25, 0.3) is 0 Å². The molecular formula is C21H31N5O. The van der Waals surface area contributed by atoms with E-state index in [1.807, 2.05) is 6.07 Å². The third kappa shape index (κ3) is 3.87. The summed E-state index contributed by atoms with van der Waals surface area (Å²) < 4.78 is 2.30.